The van der Waals surface area contributed by atoms with E-state index >= 15 is 0 Å². The molecule has 0 bridgehead atoms. The second kappa shape index (κ2) is 4.98. The lowest BCUT2D eigenvalue weighted by Crippen LogP contribution is -1.94. The molecule has 0 amide bonds. The van der Waals surface area contributed by atoms with Crippen molar-refractivity contribution in [3.05, 3.63) is 17.3 Å². The maximum absolute atomic E-state index is 6.14. The minimum absolute atomic E-state index is 0.388. The molecule has 0 unspecified atom stereocenters. The van der Waals surface area contributed by atoms with Gasteiger partial charge in [-0.15, -0.1) is 0 Å². The Morgan fingerprint density at radius 2 is 1.94 bits per heavy atom. The van der Waals surface area contributed by atoms with Crippen LogP contribution in [0.3, 0.4) is 0 Å². The maximum Gasteiger partial charge on any atom is 0.189 e. The molecule has 0 saturated heterocycles. The topological polar surface area (TPSA) is 44.2 Å². The Kier molecular flexibility index (Phi) is 3.59. The lowest BCUT2D eigenvalue weighted by Gasteiger charge is -2.09. The molecule has 2 rings (SSSR count). The summed E-state index contributed by atoms with van der Waals surface area (Å²) in [6.45, 7) is 0. The van der Waals surface area contributed by atoms with Gasteiger partial charge in [0.05, 0.1) is 25.1 Å². The normalized spacial score (nSPS) is 10.6. The summed E-state index contributed by atoms with van der Waals surface area (Å²) in [5, 5.41) is 1.71. The number of hydrogen-bond donors (Lipinski definition) is 0. The quantitative estimate of drug-likeness (QED) is 0.487. The summed E-state index contributed by atoms with van der Waals surface area (Å²) in [4.78, 5) is 8.56. The van der Waals surface area contributed by atoms with Crippen LogP contribution in [0.2, 0.25) is 5.15 Å². The molecule has 90 valence electrons. The van der Waals surface area contributed by atoms with Crippen LogP contribution in [0.4, 0.5) is 0 Å². The van der Waals surface area contributed by atoms with E-state index in [4.69, 9.17) is 21.1 Å². The number of rotatable bonds is 3. The van der Waals surface area contributed by atoms with E-state index in [1.807, 2.05) is 12.3 Å². The number of methoxy groups -OCH3 is 2. The monoisotopic (exact) mass is 270 g/mol. The molecule has 1 aromatic carbocycles. The second-order valence-corrected chi connectivity index (χ2v) is 4.36. The first-order valence-electron chi connectivity index (χ1n) is 4.83. The molecule has 0 atom stereocenters. The van der Waals surface area contributed by atoms with Gasteiger partial charge in [-0.05, 0) is 6.26 Å². The molecular formula is C11H11ClN2O2S. The Labute approximate surface area is 108 Å². The molecule has 0 aliphatic rings. The van der Waals surface area contributed by atoms with E-state index in [1.165, 1.54) is 11.8 Å². The first-order chi connectivity index (χ1) is 8.19. The van der Waals surface area contributed by atoms with Crippen molar-refractivity contribution in [2.75, 3.05) is 20.5 Å². The van der Waals surface area contributed by atoms with Crippen molar-refractivity contribution < 1.29 is 9.47 Å². The molecule has 4 nitrogen and oxygen atoms in total. The Morgan fingerprint density at radius 1 is 1.18 bits per heavy atom. The van der Waals surface area contributed by atoms with Crippen LogP contribution in [-0.4, -0.2) is 30.4 Å². The van der Waals surface area contributed by atoms with Crippen LogP contribution in [-0.2, 0) is 0 Å². The number of aromatic nitrogens is 2. The van der Waals surface area contributed by atoms with E-state index in [0.717, 1.165) is 0 Å². The highest BCUT2D eigenvalue weighted by molar-refractivity contribution is 7.98. The average Bonchev–Trinajstić information content (AvgIpc) is 2.36. The minimum atomic E-state index is 0.388. The zero-order valence-electron chi connectivity index (χ0n) is 9.65. The first-order valence-corrected chi connectivity index (χ1v) is 6.43. The van der Waals surface area contributed by atoms with Crippen molar-refractivity contribution in [1.82, 2.24) is 9.97 Å². The molecule has 17 heavy (non-hydrogen) atoms. The number of fused-ring (bicyclic) bond motifs is 1. The van der Waals surface area contributed by atoms with Gasteiger partial charge in [0.1, 0.15) is 16.7 Å². The lowest BCUT2D eigenvalue weighted by atomic mass is 10.2. The third-order valence-electron chi connectivity index (χ3n) is 2.31. The third kappa shape index (κ3) is 2.25. The highest BCUT2D eigenvalue weighted by atomic mass is 35.5. The molecule has 1 aromatic heterocycles. The molecule has 6 heteroatoms. The fourth-order valence-corrected chi connectivity index (χ4v) is 2.20. The van der Waals surface area contributed by atoms with E-state index in [-0.39, 0.29) is 0 Å². The number of halogens is 1. The van der Waals surface area contributed by atoms with Gasteiger partial charge in [0.2, 0.25) is 0 Å². The van der Waals surface area contributed by atoms with Crippen LogP contribution in [0.15, 0.2) is 17.3 Å². The number of ether oxygens (including phenoxy) is 2. The van der Waals surface area contributed by atoms with Crippen molar-refractivity contribution >= 4 is 34.3 Å². The van der Waals surface area contributed by atoms with Gasteiger partial charge in [0.15, 0.2) is 5.16 Å². The predicted molar refractivity (Wildman–Crippen MR) is 69.4 cm³/mol. The zero-order chi connectivity index (χ0) is 12.4. The standard InChI is InChI=1S/C11H11ClN2O2S/c1-15-6-4-7-9(8(5-6)16-2)10(12)14-11(13-7)17-3/h4-5H,1-3H3. The van der Waals surface area contributed by atoms with Crippen LogP contribution >= 0.6 is 23.4 Å². The number of thioether (sulfide) groups is 1. The molecule has 0 aliphatic heterocycles. The summed E-state index contributed by atoms with van der Waals surface area (Å²) in [6.07, 6.45) is 1.90. The highest BCUT2D eigenvalue weighted by Gasteiger charge is 2.12. The Hall–Kier alpha value is -1.20. The van der Waals surface area contributed by atoms with Crippen molar-refractivity contribution in [1.29, 1.82) is 0 Å². The van der Waals surface area contributed by atoms with E-state index in [1.54, 1.807) is 20.3 Å². The van der Waals surface area contributed by atoms with E-state index in [9.17, 15) is 0 Å². The molecule has 0 fully saturated rings. The van der Waals surface area contributed by atoms with Crippen LogP contribution < -0.4 is 9.47 Å². The summed E-state index contributed by atoms with van der Waals surface area (Å²) >= 11 is 7.57. The van der Waals surface area contributed by atoms with Crippen molar-refractivity contribution in [2.45, 2.75) is 5.16 Å². The van der Waals surface area contributed by atoms with Gasteiger partial charge in [-0.25, -0.2) is 9.97 Å². The summed E-state index contributed by atoms with van der Waals surface area (Å²) in [7, 11) is 3.17. The number of nitrogens with zero attached hydrogens (tertiary/aromatic N) is 2. The van der Waals surface area contributed by atoms with Gasteiger partial charge in [0, 0.05) is 12.1 Å². The summed E-state index contributed by atoms with van der Waals surface area (Å²) in [5.41, 5.74) is 0.713. The molecule has 0 N–H and O–H groups in total. The summed E-state index contributed by atoms with van der Waals surface area (Å²) in [6, 6.07) is 3.57. The fraction of sp³-hybridized carbons (Fsp3) is 0.273. The smallest absolute Gasteiger partial charge is 0.189 e. The number of hydrogen-bond acceptors (Lipinski definition) is 5. The van der Waals surface area contributed by atoms with Crippen LogP contribution in [0.25, 0.3) is 10.9 Å². The molecule has 0 aliphatic carbocycles. The molecule has 0 saturated carbocycles. The van der Waals surface area contributed by atoms with Gasteiger partial charge in [-0.1, -0.05) is 23.4 Å². The third-order valence-corrected chi connectivity index (χ3v) is 3.13. The molecule has 2 aromatic rings. The maximum atomic E-state index is 6.14. The molecule has 0 spiro atoms. The van der Waals surface area contributed by atoms with Crippen LogP contribution in [0.5, 0.6) is 11.5 Å². The van der Waals surface area contributed by atoms with Crippen molar-refractivity contribution in [2.24, 2.45) is 0 Å². The molecule has 0 radical (unpaired) electrons. The van der Waals surface area contributed by atoms with Gasteiger partial charge in [-0.2, -0.15) is 0 Å². The predicted octanol–water partition coefficient (Wildman–Crippen LogP) is 3.02. The van der Waals surface area contributed by atoms with Gasteiger partial charge >= 0.3 is 0 Å². The minimum Gasteiger partial charge on any atom is -0.497 e. The van der Waals surface area contributed by atoms with Crippen LogP contribution in [0.1, 0.15) is 0 Å². The van der Waals surface area contributed by atoms with Gasteiger partial charge < -0.3 is 9.47 Å². The Balaban J connectivity index is 2.79. The van der Waals surface area contributed by atoms with Crippen molar-refractivity contribution in [3.63, 3.8) is 0 Å². The summed E-state index contributed by atoms with van der Waals surface area (Å²) < 4.78 is 10.5. The highest BCUT2D eigenvalue weighted by Crippen LogP contribution is 2.34. The zero-order valence-corrected chi connectivity index (χ0v) is 11.2. The Bertz CT molecular complexity index is 557. The van der Waals surface area contributed by atoms with E-state index in [2.05, 4.69) is 9.97 Å². The van der Waals surface area contributed by atoms with Gasteiger partial charge in [0.25, 0.3) is 0 Å². The second-order valence-electron chi connectivity index (χ2n) is 3.22. The van der Waals surface area contributed by atoms with Crippen molar-refractivity contribution in [3.8, 4) is 11.5 Å². The largest absolute Gasteiger partial charge is 0.497 e. The first kappa shape index (κ1) is 12.3. The fourth-order valence-electron chi connectivity index (χ4n) is 1.51. The summed E-state index contributed by atoms with van der Waals surface area (Å²) in [5.74, 6) is 1.29. The number of benzene rings is 1. The van der Waals surface area contributed by atoms with Gasteiger partial charge in [-0.3, -0.25) is 0 Å². The van der Waals surface area contributed by atoms with E-state index in [0.29, 0.717) is 32.7 Å². The lowest BCUT2D eigenvalue weighted by molar-refractivity contribution is 0.397. The van der Waals surface area contributed by atoms with Crippen LogP contribution in [0, 0.1) is 0 Å². The molecule has 1 heterocycles. The Morgan fingerprint density at radius 3 is 2.53 bits per heavy atom. The SMILES string of the molecule is COc1cc(OC)c2c(Cl)nc(SC)nc2c1. The van der Waals surface area contributed by atoms with E-state index < -0.39 is 0 Å². The molecular weight excluding hydrogens is 260 g/mol. The average molecular weight is 271 g/mol.